The Morgan fingerprint density at radius 1 is 1.17 bits per heavy atom. The van der Waals surface area contributed by atoms with Gasteiger partial charge in [-0.15, -0.1) is 0 Å². The van der Waals surface area contributed by atoms with Crippen LogP contribution in [-0.2, 0) is 17.7 Å². The molecule has 0 saturated carbocycles. The van der Waals surface area contributed by atoms with Gasteiger partial charge in [0.25, 0.3) is 0 Å². The molecule has 1 saturated heterocycles. The normalized spacial score (nSPS) is 14.4. The minimum absolute atomic E-state index is 0.949. The summed E-state index contributed by atoms with van der Waals surface area (Å²) in [6.07, 6.45) is 3.57. The SMILES string of the molecule is C1CCOC1.CCc1cccc(CN(C)CC)n1. The van der Waals surface area contributed by atoms with E-state index in [0.29, 0.717) is 0 Å². The molecule has 0 amide bonds. The molecular weight excluding hydrogens is 224 g/mol. The third-order valence-electron chi connectivity index (χ3n) is 3.03. The van der Waals surface area contributed by atoms with Gasteiger partial charge in [-0.05, 0) is 45.0 Å². The zero-order valence-corrected chi connectivity index (χ0v) is 12.0. The third-order valence-corrected chi connectivity index (χ3v) is 3.03. The second-order valence-electron chi connectivity index (χ2n) is 4.62. The second-order valence-corrected chi connectivity index (χ2v) is 4.62. The van der Waals surface area contributed by atoms with Gasteiger partial charge in [0.15, 0.2) is 0 Å². The van der Waals surface area contributed by atoms with E-state index in [2.05, 4.69) is 49.0 Å². The van der Waals surface area contributed by atoms with Crippen LogP contribution in [0, 0.1) is 0 Å². The molecule has 0 radical (unpaired) electrons. The first-order valence-electron chi connectivity index (χ1n) is 6.97. The second kappa shape index (κ2) is 9.06. The maximum absolute atomic E-state index is 4.94. The van der Waals surface area contributed by atoms with E-state index in [0.717, 1.165) is 32.7 Å². The van der Waals surface area contributed by atoms with Gasteiger partial charge >= 0.3 is 0 Å². The fourth-order valence-corrected chi connectivity index (χ4v) is 1.71. The van der Waals surface area contributed by atoms with Crippen LogP contribution in [0.15, 0.2) is 18.2 Å². The van der Waals surface area contributed by atoms with Crippen LogP contribution in [0.4, 0.5) is 0 Å². The summed E-state index contributed by atoms with van der Waals surface area (Å²) in [7, 11) is 2.11. The van der Waals surface area contributed by atoms with Crippen molar-refractivity contribution in [1.29, 1.82) is 0 Å². The van der Waals surface area contributed by atoms with Gasteiger partial charge in [0.1, 0.15) is 0 Å². The van der Waals surface area contributed by atoms with Crippen molar-refractivity contribution in [2.24, 2.45) is 0 Å². The Bertz CT molecular complexity index is 316. The molecule has 1 aliphatic rings. The van der Waals surface area contributed by atoms with E-state index in [1.807, 2.05) is 0 Å². The molecule has 0 spiro atoms. The lowest BCUT2D eigenvalue weighted by molar-refractivity contribution is 0.198. The van der Waals surface area contributed by atoms with Crippen LogP contribution in [0.1, 0.15) is 38.1 Å². The first kappa shape index (κ1) is 15.1. The molecule has 1 aromatic rings. The molecule has 18 heavy (non-hydrogen) atoms. The molecule has 0 N–H and O–H groups in total. The summed E-state index contributed by atoms with van der Waals surface area (Å²) >= 11 is 0. The number of rotatable bonds is 4. The molecule has 2 heterocycles. The van der Waals surface area contributed by atoms with Crippen LogP contribution < -0.4 is 0 Å². The molecule has 3 heteroatoms. The Hall–Kier alpha value is -0.930. The van der Waals surface area contributed by atoms with Gasteiger partial charge in [0.2, 0.25) is 0 Å². The molecular formula is C15H26N2O. The monoisotopic (exact) mass is 250 g/mol. The Labute approximate surface area is 111 Å². The number of aromatic nitrogens is 1. The maximum atomic E-state index is 4.94. The number of pyridine rings is 1. The largest absolute Gasteiger partial charge is 0.381 e. The van der Waals surface area contributed by atoms with Crippen LogP contribution in [0.3, 0.4) is 0 Å². The first-order chi connectivity index (χ1) is 8.76. The maximum Gasteiger partial charge on any atom is 0.0547 e. The number of hydrogen-bond donors (Lipinski definition) is 0. The van der Waals surface area contributed by atoms with Crippen molar-refractivity contribution in [2.75, 3.05) is 26.8 Å². The van der Waals surface area contributed by atoms with Crippen molar-refractivity contribution in [2.45, 2.75) is 39.7 Å². The van der Waals surface area contributed by atoms with Gasteiger partial charge in [0, 0.05) is 25.5 Å². The van der Waals surface area contributed by atoms with Crippen LogP contribution in [0.25, 0.3) is 0 Å². The zero-order chi connectivity index (χ0) is 13.2. The molecule has 2 rings (SSSR count). The van der Waals surface area contributed by atoms with Gasteiger partial charge < -0.3 is 9.64 Å². The fourth-order valence-electron chi connectivity index (χ4n) is 1.71. The van der Waals surface area contributed by atoms with Gasteiger partial charge in [-0.1, -0.05) is 19.9 Å². The molecule has 0 unspecified atom stereocenters. The number of aryl methyl sites for hydroxylation is 1. The average Bonchev–Trinajstić information content (AvgIpc) is 2.98. The summed E-state index contributed by atoms with van der Waals surface area (Å²) in [4.78, 5) is 6.79. The van der Waals surface area contributed by atoms with Gasteiger partial charge in [-0.2, -0.15) is 0 Å². The smallest absolute Gasteiger partial charge is 0.0547 e. The summed E-state index contributed by atoms with van der Waals surface area (Å²) in [5.74, 6) is 0. The number of nitrogens with zero attached hydrogens (tertiary/aromatic N) is 2. The van der Waals surface area contributed by atoms with Crippen molar-refractivity contribution in [3.8, 4) is 0 Å². The molecule has 1 aromatic heterocycles. The van der Waals surface area contributed by atoms with Gasteiger partial charge in [0.05, 0.1) is 5.69 Å². The number of ether oxygens (including phenoxy) is 1. The highest BCUT2D eigenvalue weighted by molar-refractivity contribution is 5.10. The van der Waals surface area contributed by atoms with E-state index in [1.165, 1.54) is 24.2 Å². The van der Waals surface area contributed by atoms with Crippen molar-refractivity contribution in [1.82, 2.24) is 9.88 Å². The zero-order valence-electron chi connectivity index (χ0n) is 12.0. The van der Waals surface area contributed by atoms with Gasteiger partial charge in [-0.3, -0.25) is 4.98 Å². The predicted octanol–water partition coefficient (Wildman–Crippen LogP) is 2.89. The lowest BCUT2D eigenvalue weighted by Crippen LogP contribution is -2.17. The van der Waals surface area contributed by atoms with E-state index >= 15 is 0 Å². The van der Waals surface area contributed by atoms with E-state index < -0.39 is 0 Å². The molecule has 0 aromatic carbocycles. The summed E-state index contributed by atoms with van der Waals surface area (Å²) in [6.45, 7) is 8.31. The highest BCUT2D eigenvalue weighted by atomic mass is 16.5. The molecule has 0 bridgehead atoms. The Kier molecular flexibility index (Phi) is 7.62. The lowest BCUT2D eigenvalue weighted by Gasteiger charge is -2.13. The van der Waals surface area contributed by atoms with E-state index in [4.69, 9.17) is 4.74 Å². The highest BCUT2D eigenvalue weighted by Crippen LogP contribution is 2.02. The van der Waals surface area contributed by atoms with Crippen molar-refractivity contribution in [3.63, 3.8) is 0 Å². The summed E-state index contributed by atoms with van der Waals surface area (Å²) < 4.78 is 4.94. The topological polar surface area (TPSA) is 25.4 Å². The van der Waals surface area contributed by atoms with Crippen molar-refractivity contribution >= 4 is 0 Å². The summed E-state index contributed by atoms with van der Waals surface area (Å²) in [5.41, 5.74) is 2.35. The quantitative estimate of drug-likeness (QED) is 0.821. The van der Waals surface area contributed by atoms with E-state index in [9.17, 15) is 0 Å². The number of hydrogen-bond acceptors (Lipinski definition) is 3. The van der Waals surface area contributed by atoms with E-state index in [-0.39, 0.29) is 0 Å². The third kappa shape index (κ3) is 6.12. The predicted molar refractivity (Wildman–Crippen MR) is 75.7 cm³/mol. The minimum atomic E-state index is 0.949. The Morgan fingerprint density at radius 2 is 1.83 bits per heavy atom. The van der Waals surface area contributed by atoms with E-state index in [1.54, 1.807) is 0 Å². The fraction of sp³-hybridized carbons (Fsp3) is 0.667. The van der Waals surface area contributed by atoms with Crippen molar-refractivity contribution in [3.05, 3.63) is 29.6 Å². The molecule has 102 valence electrons. The molecule has 0 aliphatic carbocycles. The van der Waals surface area contributed by atoms with Crippen molar-refractivity contribution < 1.29 is 4.74 Å². The Morgan fingerprint density at radius 3 is 2.33 bits per heavy atom. The molecule has 1 aliphatic heterocycles. The van der Waals surface area contributed by atoms with Crippen LogP contribution in [0.5, 0.6) is 0 Å². The average molecular weight is 250 g/mol. The lowest BCUT2D eigenvalue weighted by atomic mass is 10.2. The molecule has 1 fully saturated rings. The summed E-state index contributed by atoms with van der Waals surface area (Å²) in [6, 6.07) is 6.26. The van der Waals surface area contributed by atoms with Gasteiger partial charge in [-0.25, -0.2) is 0 Å². The molecule has 0 atom stereocenters. The minimum Gasteiger partial charge on any atom is -0.381 e. The van der Waals surface area contributed by atoms with Crippen LogP contribution >= 0.6 is 0 Å². The van der Waals surface area contributed by atoms with Crippen LogP contribution in [-0.4, -0.2) is 36.7 Å². The highest BCUT2D eigenvalue weighted by Gasteiger charge is 1.99. The first-order valence-corrected chi connectivity index (χ1v) is 6.97. The van der Waals surface area contributed by atoms with Crippen LogP contribution in [0.2, 0.25) is 0 Å². The standard InChI is InChI=1S/C11H18N2.C4H8O/c1-4-10-7-6-8-11(12-10)9-13(3)5-2;1-2-4-5-3-1/h6-8H,4-5,9H2,1-3H3;1-4H2. The Balaban J connectivity index is 0.000000269. The molecule has 3 nitrogen and oxygen atoms in total. The summed E-state index contributed by atoms with van der Waals surface area (Å²) in [5, 5.41) is 0.